The predicted molar refractivity (Wildman–Crippen MR) is 77.4 cm³/mol. The van der Waals surface area contributed by atoms with Crippen LogP contribution in [-0.4, -0.2) is 47.8 Å². The summed E-state index contributed by atoms with van der Waals surface area (Å²) < 4.78 is 7.54. The van der Waals surface area contributed by atoms with Gasteiger partial charge in [0.05, 0.1) is 6.61 Å². The molecule has 1 aromatic rings. The maximum Gasteiger partial charge on any atom is 0.113 e. The number of methoxy groups -OCH3 is 1. The molecule has 1 saturated heterocycles. The lowest BCUT2D eigenvalue weighted by atomic mass is 9.97. The van der Waals surface area contributed by atoms with Crippen molar-refractivity contribution in [2.24, 2.45) is 0 Å². The van der Waals surface area contributed by atoms with Gasteiger partial charge < -0.3 is 14.2 Å². The van der Waals surface area contributed by atoms with Crippen LogP contribution in [0.25, 0.3) is 0 Å². The van der Waals surface area contributed by atoms with Crippen LogP contribution >= 0.6 is 0 Å². The second-order valence-electron chi connectivity index (χ2n) is 5.46. The monoisotopic (exact) mass is 265 g/mol. The Morgan fingerprint density at radius 2 is 2.32 bits per heavy atom. The Balaban J connectivity index is 1.94. The summed E-state index contributed by atoms with van der Waals surface area (Å²) in [5, 5.41) is 0. The number of aryl methyl sites for hydroxylation is 1. The first-order valence-electron chi connectivity index (χ1n) is 7.57. The molecule has 1 aliphatic heterocycles. The van der Waals surface area contributed by atoms with Crippen molar-refractivity contribution in [1.82, 2.24) is 14.5 Å². The molecule has 2 rings (SSSR count). The van der Waals surface area contributed by atoms with Gasteiger partial charge in [-0.05, 0) is 25.8 Å². The molecule has 4 nitrogen and oxygen atoms in total. The van der Waals surface area contributed by atoms with Gasteiger partial charge in [0, 0.05) is 45.1 Å². The van der Waals surface area contributed by atoms with E-state index in [2.05, 4.69) is 27.6 Å². The summed E-state index contributed by atoms with van der Waals surface area (Å²) in [6.07, 6.45) is 9.12. The molecule has 1 atom stereocenters. The number of nitrogens with zero attached hydrogens (tertiary/aromatic N) is 3. The molecule has 1 fully saturated rings. The fourth-order valence-corrected chi connectivity index (χ4v) is 2.89. The molecule has 0 amide bonds. The zero-order valence-corrected chi connectivity index (χ0v) is 12.3. The van der Waals surface area contributed by atoms with Crippen LogP contribution < -0.4 is 0 Å². The van der Waals surface area contributed by atoms with Crippen molar-refractivity contribution < 1.29 is 4.74 Å². The third-order valence-electron chi connectivity index (χ3n) is 3.98. The first-order valence-corrected chi connectivity index (χ1v) is 7.57. The Kier molecular flexibility index (Phi) is 5.86. The van der Waals surface area contributed by atoms with Crippen LogP contribution in [0, 0.1) is 0 Å². The van der Waals surface area contributed by atoms with E-state index in [0.29, 0.717) is 5.92 Å². The molecule has 4 heteroatoms. The van der Waals surface area contributed by atoms with Crippen molar-refractivity contribution in [2.75, 3.05) is 33.4 Å². The molecule has 1 aliphatic rings. The molecular formula is C15H27N3O. The Morgan fingerprint density at radius 1 is 1.42 bits per heavy atom. The lowest BCUT2D eigenvalue weighted by Gasteiger charge is -2.32. The van der Waals surface area contributed by atoms with Crippen molar-refractivity contribution >= 4 is 0 Å². The van der Waals surface area contributed by atoms with Crippen LogP contribution in [0.15, 0.2) is 12.4 Å². The number of aromatic nitrogens is 2. The Bertz CT molecular complexity index is 364. The first kappa shape index (κ1) is 14.5. The normalized spacial score (nSPS) is 20.8. The van der Waals surface area contributed by atoms with E-state index in [1.165, 1.54) is 38.1 Å². The zero-order chi connectivity index (χ0) is 13.5. The van der Waals surface area contributed by atoms with Gasteiger partial charge in [-0.2, -0.15) is 0 Å². The van der Waals surface area contributed by atoms with Crippen molar-refractivity contribution in [3.05, 3.63) is 18.2 Å². The third-order valence-corrected chi connectivity index (χ3v) is 3.98. The maximum absolute atomic E-state index is 5.18. The number of hydrogen-bond donors (Lipinski definition) is 0. The largest absolute Gasteiger partial charge is 0.383 e. The molecule has 2 heterocycles. The van der Waals surface area contributed by atoms with Crippen LogP contribution in [-0.2, 0) is 11.3 Å². The van der Waals surface area contributed by atoms with E-state index >= 15 is 0 Å². The molecule has 0 spiro atoms. The molecule has 0 bridgehead atoms. The number of ether oxygens (including phenoxy) is 1. The predicted octanol–water partition coefficient (Wildman–Crippen LogP) is 2.51. The van der Waals surface area contributed by atoms with E-state index in [0.717, 1.165) is 26.2 Å². The average molecular weight is 265 g/mol. The molecule has 0 aromatic carbocycles. The summed E-state index contributed by atoms with van der Waals surface area (Å²) in [5.41, 5.74) is 0. The van der Waals surface area contributed by atoms with Gasteiger partial charge in [0.2, 0.25) is 0 Å². The first-order chi connectivity index (χ1) is 9.35. The minimum Gasteiger partial charge on any atom is -0.383 e. The molecule has 0 aliphatic carbocycles. The SMILES string of the molecule is CCCCn1ccnc1[C@@H]1CCCN(CCOC)C1. The third kappa shape index (κ3) is 4.05. The van der Waals surface area contributed by atoms with Crippen LogP contribution in [0.5, 0.6) is 0 Å². The minimum atomic E-state index is 0.595. The summed E-state index contributed by atoms with van der Waals surface area (Å²) in [6, 6.07) is 0. The Morgan fingerprint density at radius 3 is 3.11 bits per heavy atom. The summed E-state index contributed by atoms with van der Waals surface area (Å²) in [5.74, 6) is 1.88. The van der Waals surface area contributed by atoms with E-state index in [1.807, 2.05) is 6.20 Å². The van der Waals surface area contributed by atoms with E-state index in [1.54, 1.807) is 7.11 Å². The van der Waals surface area contributed by atoms with E-state index < -0.39 is 0 Å². The van der Waals surface area contributed by atoms with Gasteiger partial charge in [-0.25, -0.2) is 4.98 Å². The quantitative estimate of drug-likeness (QED) is 0.759. The number of piperidine rings is 1. The number of unbranched alkanes of at least 4 members (excludes halogenated alkanes) is 1. The molecular weight excluding hydrogens is 238 g/mol. The Hall–Kier alpha value is -0.870. The maximum atomic E-state index is 5.18. The van der Waals surface area contributed by atoms with Gasteiger partial charge in [-0.1, -0.05) is 13.3 Å². The average Bonchev–Trinajstić information content (AvgIpc) is 2.91. The van der Waals surface area contributed by atoms with Crippen LogP contribution in [0.3, 0.4) is 0 Å². The molecule has 1 aromatic heterocycles. The lowest BCUT2D eigenvalue weighted by molar-refractivity contribution is 0.126. The molecule has 0 unspecified atom stereocenters. The van der Waals surface area contributed by atoms with Crippen LogP contribution in [0.2, 0.25) is 0 Å². The fraction of sp³-hybridized carbons (Fsp3) is 0.800. The van der Waals surface area contributed by atoms with E-state index in [-0.39, 0.29) is 0 Å². The highest BCUT2D eigenvalue weighted by Gasteiger charge is 2.24. The van der Waals surface area contributed by atoms with Gasteiger partial charge in [0.1, 0.15) is 5.82 Å². The number of rotatable bonds is 7. The highest BCUT2D eigenvalue weighted by Crippen LogP contribution is 2.25. The molecule has 0 saturated carbocycles. The van der Waals surface area contributed by atoms with Gasteiger partial charge in [-0.15, -0.1) is 0 Å². The summed E-state index contributed by atoms with van der Waals surface area (Å²) in [7, 11) is 1.78. The lowest BCUT2D eigenvalue weighted by Crippen LogP contribution is -2.37. The van der Waals surface area contributed by atoms with Crippen LogP contribution in [0.4, 0.5) is 0 Å². The van der Waals surface area contributed by atoms with E-state index in [4.69, 9.17) is 4.74 Å². The van der Waals surface area contributed by atoms with Gasteiger partial charge >= 0.3 is 0 Å². The van der Waals surface area contributed by atoms with Crippen molar-refractivity contribution in [3.8, 4) is 0 Å². The Labute approximate surface area is 116 Å². The van der Waals surface area contributed by atoms with Gasteiger partial charge in [0.15, 0.2) is 0 Å². The summed E-state index contributed by atoms with van der Waals surface area (Å²) in [6.45, 7) is 7.56. The van der Waals surface area contributed by atoms with Gasteiger partial charge in [0.25, 0.3) is 0 Å². The van der Waals surface area contributed by atoms with E-state index in [9.17, 15) is 0 Å². The molecule has 108 valence electrons. The smallest absolute Gasteiger partial charge is 0.113 e. The highest BCUT2D eigenvalue weighted by molar-refractivity contribution is 5.03. The fourth-order valence-electron chi connectivity index (χ4n) is 2.89. The summed E-state index contributed by atoms with van der Waals surface area (Å²) >= 11 is 0. The standard InChI is InChI=1S/C15H27N3O/c1-3-4-9-18-10-7-16-15(18)14-6-5-8-17(13-14)11-12-19-2/h7,10,14H,3-6,8-9,11-13H2,1-2H3/t14-/m1/s1. The van der Waals surface area contributed by atoms with Crippen molar-refractivity contribution in [2.45, 2.75) is 45.1 Å². The van der Waals surface area contributed by atoms with Crippen molar-refractivity contribution in [3.63, 3.8) is 0 Å². The zero-order valence-electron chi connectivity index (χ0n) is 12.3. The second-order valence-corrected chi connectivity index (χ2v) is 5.46. The van der Waals surface area contributed by atoms with Crippen LogP contribution in [0.1, 0.15) is 44.3 Å². The molecule has 19 heavy (non-hydrogen) atoms. The topological polar surface area (TPSA) is 30.3 Å². The molecule has 0 N–H and O–H groups in total. The summed E-state index contributed by atoms with van der Waals surface area (Å²) in [4.78, 5) is 7.12. The van der Waals surface area contributed by atoms with Crippen molar-refractivity contribution in [1.29, 1.82) is 0 Å². The highest BCUT2D eigenvalue weighted by atomic mass is 16.5. The number of hydrogen-bond acceptors (Lipinski definition) is 3. The number of imidazole rings is 1. The minimum absolute atomic E-state index is 0.595. The van der Waals surface area contributed by atoms with Gasteiger partial charge in [-0.3, -0.25) is 0 Å². The number of likely N-dealkylation sites (tertiary alicyclic amines) is 1. The second kappa shape index (κ2) is 7.65. The molecule has 0 radical (unpaired) electrons.